The SMILES string of the molecule is CC1C[C@@H]2C[C@@H](OCc3c(-c4c(Cl)cccc4Cl)noc3C3CC3)CC1[C@]2(O)c1nc2c(F)cc(Br)cc2s1. The molecule has 3 aliphatic carbocycles. The summed E-state index contributed by atoms with van der Waals surface area (Å²) in [5.41, 5.74) is 1.44. The number of benzene rings is 2. The molecular weight excluding hydrogens is 626 g/mol. The highest BCUT2D eigenvalue weighted by Gasteiger charge is 2.59. The van der Waals surface area contributed by atoms with Crippen molar-refractivity contribution >= 4 is 60.7 Å². The Morgan fingerprint density at radius 3 is 2.69 bits per heavy atom. The molecule has 2 aromatic carbocycles. The van der Waals surface area contributed by atoms with Gasteiger partial charge in [-0.1, -0.05) is 57.3 Å². The summed E-state index contributed by atoms with van der Waals surface area (Å²) in [6, 6.07) is 8.69. The number of aliphatic hydroxyl groups is 1. The van der Waals surface area contributed by atoms with Gasteiger partial charge in [0.15, 0.2) is 5.82 Å². The van der Waals surface area contributed by atoms with Crippen molar-refractivity contribution in [3.8, 4) is 11.3 Å². The Balaban J connectivity index is 1.16. The molecular formula is C29H26BrCl2FN2O3S. The highest BCUT2D eigenvalue weighted by atomic mass is 79.9. The maximum Gasteiger partial charge on any atom is 0.151 e. The molecule has 1 N–H and O–H groups in total. The first kappa shape index (κ1) is 26.4. The zero-order chi connectivity index (χ0) is 27.1. The molecule has 0 aliphatic heterocycles. The van der Waals surface area contributed by atoms with Gasteiger partial charge in [-0.2, -0.15) is 0 Å². The van der Waals surface area contributed by atoms with Crippen LogP contribution in [-0.2, 0) is 16.9 Å². The molecule has 3 aliphatic rings. The molecule has 10 heteroatoms. The molecule has 2 bridgehead atoms. The topological polar surface area (TPSA) is 68.4 Å². The number of hydrogen-bond donors (Lipinski definition) is 1. The number of nitrogens with zero attached hydrogens (tertiary/aromatic N) is 2. The van der Waals surface area contributed by atoms with Crippen LogP contribution >= 0.6 is 50.5 Å². The number of ether oxygens (including phenoxy) is 1. The Labute approximate surface area is 247 Å². The molecule has 39 heavy (non-hydrogen) atoms. The lowest BCUT2D eigenvalue weighted by atomic mass is 9.72. The predicted molar refractivity (Wildman–Crippen MR) is 154 cm³/mol. The van der Waals surface area contributed by atoms with Crippen molar-refractivity contribution in [1.29, 1.82) is 0 Å². The number of thiazole rings is 1. The average molecular weight is 652 g/mol. The first-order valence-electron chi connectivity index (χ1n) is 13.3. The minimum absolute atomic E-state index is 0.0221. The molecule has 2 unspecified atom stereocenters. The van der Waals surface area contributed by atoms with E-state index in [4.69, 9.17) is 32.5 Å². The Hall–Kier alpha value is -1.55. The fourth-order valence-corrected chi connectivity index (χ4v) is 9.17. The Kier molecular flexibility index (Phi) is 6.61. The van der Waals surface area contributed by atoms with Crippen molar-refractivity contribution in [2.75, 3.05) is 0 Å². The quantitative estimate of drug-likeness (QED) is 0.226. The van der Waals surface area contributed by atoms with Crippen LogP contribution < -0.4 is 0 Å². The third-order valence-corrected chi connectivity index (χ3v) is 11.0. The molecule has 0 radical (unpaired) electrons. The second kappa shape index (κ2) is 9.78. The third kappa shape index (κ3) is 4.37. The van der Waals surface area contributed by atoms with E-state index in [2.05, 4.69) is 33.0 Å². The van der Waals surface area contributed by atoms with E-state index in [9.17, 15) is 9.50 Å². The third-order valence-electron chi connectivity index (χ3n) is 8.78. The smallest absolute Gasteiger partial charge is 0.151 e. The lowest BCUT2D eigenvalue weighted by Crippen LogP contribution is -2.45. The van der Waals surface area contributed by atoms with Gasteiger partial charge in [0.2, 0.25) is 0 Å². The lowest BCUT2D eigenvalue weighted by molar-refractivity contribution is -0.120. The van der Waals surface area contributed by atoms with Gasteiger partial charge in [-0.3, -0.25) is 0 Å². The van der Waals surface area contributed by atoms with E-state index in [1.165, 1.54) is 17.4 Å². The van der Waals surface area contributed by atoms with E-state index in [0.717, 1.165) is 35.3 Å². The maximum atomic E-state index is 14.6. The summed E-state index contributed by atoms with van der Waals surface area (Å²) in [7, 11) is 0. The number of aromatic nitrogens is 2. The molecule has 5 atom stereocenters. The van der Waals surface area contributed by atoms with E-state index < -0.39 is 5.60 Å². The monoisotopic (exact) mass is 650 g/mol. The first-order chi connectivity index (χ1) is 18.7. The largest absolute Gasteiger partial charge is 0.382 e. The molecule has 2 heterocycles. The summed E-state index contributed by atoms with van der Waals surface area (Å²) in [4.78, 5) is 4.62. The van der Waals surface area contributed by atoms with Gasteiger partial charge in [0.25, 0.3) is 0 Å². The van der Waals surface area contributed by atoms with Crippen LogP contribution in [0.15, 0.2) is 39.3 Å². The van der Waals surface area contributed by atoms with Gasteiger partial charge in [-0.15, -0.1) is 11.3 Å². The van der Waals surface area contributed by atoms with Crippen LogP contribution in [0.5, 0.6) is 0 Å². The molecule has 2 aromatic heterocycles. The second-order valence-electron chi connectivity index (χ2n) is 11.2. The molecule has 7 rings (SSSR count). The Morgan fingerprint density at radius 2 is 1.97 bits per heavy atom. The maximum absolute atomic E-state index is 14.6. The normalized spacial score (nSPS) is 28.5. The summed E-state index contributed by atoms with van der Waals surface area (Å²) in [6.45, 7) is 2.52. The Morgan fingerprint density at radius 1 is 1.21 bits per heavy atom. The summed E-state index contributed by atoms with van der Waals surface area (Å²) in [6.07, 6.45) is 4.37. The van der Waals surface area contributed by atoms with Gasteiger partial charge in [-0.25, -0.2) is 9.37 Å². The van der Waals surface area contributed by atoms with Crippen molar-refractivity contribution in [1.82, 2.24) is 10.1 Å². The number of fused-ring (bicyclic) bond motifs is 3. The van der Waals surface area contributed by atoms with E-state index in [-0.39, 0.29) is 23.8 Å². The summed E-state index contributed by atoms with van der Waals surface area (Å²) in [5.74, 6) is 1.07. The van der Waals surface area contributed by atoms with E-state index in [1.54, 1.807) is 12.1 Å². The van der Waals surface area contributed by atoms with Gasteiger partial charge in [0, 0.05) is 21.5 Å². The van der Waals surface area contributed by atoms with Crippen molar-refractivity contribution in [3.05, 3.63) is 67.0 Å². The van der Waals surface area contributed by atoms with Crippen LogP contribution in [-0.4, -0.2) is 21.4 Å². The summed E-state index contributed by atoms with van der Waals surface area (Å²) < 4.78 is 28.4. The number of hydrogen-bond acceptors (Lipinski definition) is 6. The van der Waals surface area contributed by atoms with Gasteiger partial charge in [-0.05, 0) is 74.1 Å². The van der Waals surface area contributed by atoms with E-state index in [0.29, 0.717) is 67.6 Å². The predicted octanol–water partition coefficient (Wildman–Crippen LogP) is 8.88. The summed E-state index contributed by atoms with van der Waals surface area (Å²) >= 11 is 17.8. The first-order valence-corrected chi connectivity index (χ1v) is 15.6. The van der Waals surface area contributed by atoms with Gasteiger partial charge < -0.3 is 14.4 Å². The van der Waals surface area contributed by atoms with Crippen molar-refractivity contribution in [3.63, 3.8) is 0 Å². The molecule has 3 fully saturated rings. The average Bonchev–Trinajstić information content (AvgIpc) is 3.48. The standard InChI is InChI=1S/C29H26BrCl2FN2O3S/c1-13-7-15-8-17(11-19(13)29(15,36)28-34-26-22(33)9-16(30)10-23(26)39-28)37-12-18-25(35-38-27(18)14-5-6-14)24-20(31)3-2-4-21(24)32/h2-4,9-10,13-15,17,19,36H,5-8,11-12H2,1H3/t13?,15-,17-,19?,29+/m1/s1. The van der Waals surface area contributed by atoms with Crippen LogP contribution in [0.25, 0.3) is 21.5 Å². The van der Waals surface area contributed by atoms with Crippen LogP contribution in [0.3, 0.4) is 0 Å². The molecule has 4 aromatic rings. The minimum Gasteiger partial charge on any atom is -0.382 e. The highest BCUT2D eigenvalue weighted by Crippen LogP contribution is 2.59. The number of halogens is 4. The molecule has 0 spiro atoms. The zero-order valence-electron chi connectivity index (χ0n) is 21.1. The van der Waals surface area contributed by atoms with Gasteiger partial charge in [0.05, 0.1) is 27.5 Å². The van der Waals surface area contributed by atoms with Crippen molar-refractivity contribution < 1.29 is 18.8 Å². The molecule has 204 valence electrons. The lowest BCUT2D eigenvalue weighted by Gasteiger charge is -2.41. The van der Waals surface area contributed by atoms with Crippen LogP contribution in [0.2, 0.25) is 10.0 Å². The summed E-state index contributed by atoms with van der Waals surface area (Å²) in [5, 5.41) is 18.2. The molecule has 0 saturated heterocycles. The highest BCUT2D eigenvalue weighted by molar-refractivity contribution is 9.10. The molecule has 5 nitrogen and oxygen atoms in total. The second-order valence-corrected chi connectivity index (χ2v) is 14.0. The van der Waals surface area contributed by atoms with Gasteiger partial charge >= 0.3 is 0 Å². The molecule has 3 saturated carbocycles. The van der Waals surface area contributed by atoms with E-state index in [1.807, 2.05) is 12.1 Å². The van der Waals surface area contributed by atoms with Crippen LogP contribution in [0, 0.1) is 23.6 Å². The zero-order valence-corrected chi connectivity index (χ0v) is 25.0. The fraction of sp³-hybridized carbons (Fsp3) is 0.448. The molecule has 0 amide bonds. The fourth-order valence-electron chi connectivity index (χ4n) is 6.76. The minimum atomic E-state index is -1.09. The van der Waals surface area contributed by atoms with E-state index >= 15 is 0 Å². The van der Waals surface area contributed by atoms with Crippen LogP contribution in [0.1, 0.15) is 61.3 Å². The van der Waals surface area contributed by atoms with Crippen molar-refractivity contribution in [2.45, 2.75) is 63.3 Å². The van der Waals surface area contributed by atoms with Crippen molar-refractivity contribution in [2.24, 2.45) is 17.8 Å². The Bertz CT molecular complexity index is 1570. The number of rotatable bonds is 6. The van der Waals surface area contributed by atoms with Crippen LogP contribution in [0.4, 0.5) is 4.39 Å². The van der Waals surface area contributed by atoms with Gasteiger partial charge in [0.1, 0.15) is 27.6 Å².